The van der Waals surface area contributed by atoms with Crippen LogP contribution in [0.5, 0.6) is 0 Å². The molecule has 0 aromatic carbocycles. The molecule has 2 heterocycles. The number of carbonyl (C=O) groups excluding carboxylic acids is 2. The fourth-order valence-corrected chi connectivity index (χ4v) is 2.23. The van der Waals surface area contributed by atoms with E-state index in [-0.39, 0.29) is 12.0 Å². The monoisotopic (exact) mass is 348 g/mol. The molecule has 0 spiro atoms. The summed E-state index contributed by atoms with van der Waals surface area (Å²) in [7, 11) is 2.93. The Balaban J connectivity index is 2.02. The number of hydrogen-bond donors (Lipinski definition) is 0. The first-order valence-electron chi connectivity index (χ1n) is 8.03. The van der Waals surface area contributed by atoms with Crippen molar-refractivity contribution < 1.29 is 19.2 Å². The number of ether oxygens (including phenoxy) is 1. The zero-order valence-electron chi connectivity index (χ0n) is 15.3. The van der Waals surface area contributed by atoms with Crippen molar-refractivity contribution in [1.29, 1.82) is 0 Å². The molecule has 8 heteroatoms. The Hall–Kier alpha value is -2.48. The molecular weight excluding hydrogens is 324 g/mol. The van der Waals surface area contributed by atoms with Crippen molar-refractivity contribution in [3.63, 3.8) is 0 Å². The number of hydrogen-bond acceptors (Lipinski definition) is 6. The Morgan fingerprint density at radius 1 is 1.24 bits per heavy atom. The van der Waals surface area contributed by atoms with E-state index < -0.39 is 5.60 Å². The first kappa shape index (κ1) is 18.9. The van der Waals surface area contributed by atoms with Crippen molar-refractivity contribution in [3.05, 3.63) is 29.9 Å². The maximum Gasteiger partial charge on any atom is 0.410 e. The van der Waals surface area contributed by atoms with Gasteiger partial charge >= 0.3 is 6.09 Å². The summed E-state index contributed by atoms with van der Waals surface area (Å²) in [6.45, 7) is 6.51. The SMILES string of the molecule is CON(C)C(=O)c1cnc(C2=CCN(C(=O)OC(C)(C)C)CC2)nc1. The zero-order valence-corrected chi connectivity index (χ0v) is 15.3. The van der Waals surface area contributed by atoms with Gasteiger partial charge in [0.1, 0.15) is 5.60 Å². The summed E-state index contributed by atoms with van der Waals surface area (Å²) in [5.74, 6) is 0.239. The molecule has 0 atom stereocenters. The summed E-state index contributed by atoms with van der Waals surface area (Å²) < 4.78 is 5.37. The molecule has 1 aliphatic rings. The highest BCUT2D eigenvalue weighted by molar-refractivity contribution is 5.92. The van der Waals surface area contributed by atoms with Gasteiger partial charge in [-0.25, -0.2) is 19.8 Å². The standard InChI is InChI=1S/C17H24N4O4/c1-17(2,3)25-16(23)21-8-6-12(7-9-21)14-18-10-13(11-19-14)15(22)20(4)24-5/h6,10-11H,7-9H2,1-5H3. The Kier molecular flexibility index (Phi) is 5.73. The van der Waals surface area contributed by atoms with E-state index in [4.69, 9.17) is 9.57 Å². The van der Waals surface area contributed by atoms with E-state index >= 15 is 0 Å². The zero-order chi connectivity index (χ0) is 18.6. The molecule has 1 aromatic rings. The third-order valence-electron chi connectivity index (χ3n) is 3.61. The van der Waals surface area contributed by atoms with Crippen LogP contribution < -0.4 is 0 Å². The maximum absolute atomic E-state index is 12.1. The van der Waals surface area contributed by atoms with Crippen LogP contribution in [0.4, 0.5) is 4.79 Å². The number of carbonyl (C=O) groups is 2. The van der Waals surface area contributed by atoms with Crippen LogP contribution in [0.25, 0.3) is 5.57 Å². The summed E-state index contributed by atoms with van der Waals surface area (Å²) in [6, 6.07) is 0. The molecule has 1 aliphatic heterocycles. The Bertz CT molecular complexity index is 664. The van der Waals surface area contributed by atoms with Crippen LogP contribution in [0.15, 0.2) is 18.5 Å². The Morgan fingerprint density at radius 3 is 2.36 bits per heavy atom. The second kappa shape index (κ2) is 7.60. The molecule has 0 radical (unpaired) electrons. The largest absolute Gasteiger partial charge is 0.444 e. The smallest absolute Gasteiger partial charge is 0.410 e. The third-order valence-corrected chi connectivity index (χ3v) is 3.61. The molecule has 136 valence electrons. The van der Waals surface area contributed by atoms with Crippen molar-refractivity contribution >= 4 is 17.6 Å². The van der Waals surface area contributed by atoms with Gasteiger partial charge in [-0.2, -0.15) is 0 Å². The average molecular weight is 348 g/mol. The van der Waals surface area contributed by atoms with Crippen LogP contribution in [0.3, 0.4) is 0 Å². The molecule has 0 N–H and O–H groups in total. The van der Waals surface area contributed by atoms with Gasteiger partial charge in [-0.1, -0.05) is 6.08 Å². The molecule has 0 unspecified atom stereocenters. The second-order valence-electron chi connectivity index (χ2n) is 6.69. The summed E-state index contributed by atoms with van der Waals surface area (Å²) >= 11 is 0. The van der Waals surface area contributed by atoms with Crippen LogP contribution in [0, 0.1) is 0 Å². The van der Waals surface area contributed by atoms with E-state index in [2.05, 4.69) is 9.97 Å². The molecule has 25 heavy (non-hydrogen) atoms. The molecule has 0 fully saturated rings. The molecule has 0 saturated heterocycles. The summed E-state index contributed by atoms with van der Waals surface area (Å²) in [5.41, 5.74) is 0.779. The molecule has 0 bridgehead atoms. The lowest BCUT2D eigenvalue weighted by atomic mass is 10.1. The first-order chi connectivity index (χ1) is 11.7. The van der Waals surface area contributed by atoms with Crippen LogP contribution in [-0.2, 0) is 9.57 Å². The van der Waals surface area contributed by atoms with E-state index in [0.717, 1.165) is 10.6 Å². The predicted molar refractivity (Wildman–Crippen MR) is 91.5 cm³/mol. The quantitative estimate of drug-likeness (QED) is 0.778. The number of amides is 2. The molecule has 8 nitrogen and oxygen atoms in total. The van der Waals surface area contributed by atoms with Gasteiger partial charge in [0.2, 0.25) is 0 Å². The Labute approximate surface area is 147 Å². The lowest BCUT2D eigenvalue weighted by Crippen LogP contribution is -2.39. The molecule has 0 aliphatic carbocycles. The minimum absolute atomic E-state index is 0.317. The minimum atomic E-state index is -0.512. The molecule has 1 aromatic heterocycles. The van der Waals surface area contributed by atoms with E-state index in [9.17, 15) is 9.59 Å². The van der Waals surface area contributed by atoms with Crippen molar-refractivity contribution in [2.24, 2.45) is 0 Å². The number of aromatic nitrogens is 2. The van der Waals surface area contributed by atoms with Crippen molar-refractivity contribution in [1.82, 2.24) is 19.9 Å². The molecule has 2 amide bonds. The summed E-state index contributed by atoms with van der Waals surface area (Å²) in [6.07, 6.45) is 5.16. The van der Waals surface area contributed by atoms with E-state index in [1.165, 1.54) is 26.6 Å². The highest BCUT2D eigenvalue weighted by Crippen LogP contribution is 2.21. The lowest BCUT2D eigenvalue weighted by molar-refractivity contribution is -0.0757. The van der Waals surface area contributed by atoms with Gasteiger partial charge in [-0.15, -0.1) is 0 Å². The van der Waals surface area contributed by atoms with Crippen molar-refractivity contribution in [3.8, 4) is 0 Å². The highest BCUT2D eigenvalue weighted by Gasteiger charge is 2.24. The van der Waals surface area contributed by atoms with E-state index in [1.807, 2.05) is 26.8 Å². The van der Waals surface area contributed by atoms with E-state index in [1.54, 1.807) is 4.90 Å². The fraction of sp³-hybridized carbons (Fsp3) is 0.529. The van der Waals surface area contributed by atoms with Crippen LogP contribution in [-0.4, -0.2) is 64.8 Å². The summed E-state index contributed by atoms with van der Waals surface area (Å²) in [5, 5.41) is 1.11. The summed E-state index contributed by atoms with van der Waals surface area (Å²) in [4.78, 5) is 39.0. The predicted octanol–water partition coefficient (Wildman–Crippen LogP) is 2.13. The normalized spacial score (nSPS) is 14.8. The fourth-order valence-electron chi connectivity index (χ4n) is 2.23. The second-order valence-corrected chi connectivity index (χ2v) is 6.69. The lowest BCUT2D eigenvalue weighted by Gasteiger charge is -2.29. The number of rotatable bonds is 3. The third kappa shape index (κ3) is 4.99. The van der Waals surface area contributed by atoms with Gasteiger partial charge in [0.05, 0.1) is 12.7 Å². The van der Waals surface area contributed by atoms with Crippen LogP contribution in [0.1, 0.15) is 43.4 Å². The maximum atomic E-state index is 12.1. The molecule has 2 rings (SSSR count). The van der Waals surface area contributed by atoms with Gasteiger partial charge in [0.15, 0.2) is 5.82 Å². The van der Waals surface area contributed by atoms with Gasteiger partial charge in [-0.05, 0) is 32.8 Å². The van der Waals surface area contributed by atoms with Crippen molar-refractivity contribution in [2.75, 3.05) is 27.2 Å². The number of hydroxylamine groups is 2. The van der Waals surface area contributed by atoms with E-state index in [0.29, 0.717) is 30.9 Å². The van der Waals surface area contributed by atoms with Crippen LogP contribution >= 0.6 is 0 Å². The topological polar surface area (TPSA) is 84.9 Å². The Morgan fingerprint density at radius 2 is 1.88 bits per heavy atom. The van der Waals surface area contributed by atoms with Crippen molar-refractivity contribution in [2.45, 2.75) is 32.8 Å². The van der Waals surface area contributed by atoms with Gasteiger partial charge in [0.25, 0.3) is 5.91 Å². The van der Waals surface area contributed by atoms with Gasteiger partial charge in [0, 0.05) is 32.5 Å². The highest BCUT2D eigenvalue weighted by atomic mass is 16.7. The number of nitrogens with zero attached hydrogens (tertiary/aromatic N) is 4. The van der Waals surface area contributed by atoms with Gasteiger partial charge in [-0.3, -0.25) is 9.63 Å². The molecule has 0 saturated carbocycles. The molecular formula is C17H24N4O4. The first-order valence-corrected chi connectivity index (χ1v) is 8.03. The average Bonchev–Trinajstić information content (AvgIpc) is 2.59. The minimum Gasteiger partial charge on any atom is -0.444 e. The van der Waals surface area contributed by atoms with Gasteiger partial charge < -0.3 is 9.64 Å². The van der Waals surface area contributed by atoms with Crippen LogP contribution in [0.2, 0.25) is 0 Å².